The van der Waals surface area contributed by atoms with Crippen molar-refractivity contribution in [3.63, 3.8) is 0 Å². The minimum atomic E-state index is -0.954. The van der Waals surface area contributed by atoms with Crippen LogP contribution in [0, 0.1) is 11.8 Å². The van der Waals surface area contributed by atoms with Crippen molar-refractivity contribution in [2.24, 2.45) is 11.8 Å². The monoisotopic (exact) mass is 722 g/mol. The van der Waals surface area contributed by atoms with Crippen LogP contribution in [0.2, 0.25) is 0 Å². The average Bonchev–Trinajstić information content (AvgIpc) is 3.84. The lowest BCUT2D eigenvalue weighted by atomic mass is 9.82. The van der Waals surface area contributed by atoms with E-state index in [1.807, 2.05) is 78.9 Å². The van der Waals surface area contributed by atoms with Crippen molar-refractivity contribution < 1.29 is 38.0 Å². The van der Waals surface area contributed by atoms with Gasteiger partial charge < -0.3 is 33.2 Å². The highest BCUT2D eigenvalue weighted by Gasteiger charge is 2.57. The molecule has 0 aromatic heterocycles. The van der Waals surface area contributed by atoms with Gasteiger partial charge in [0.1, 0.15) is 4.08 Å². The van der Waals surface area contributed by atoms with Crippen molar-refractivity contribution in [1.29, 1.82) is 0 Å². The van der Waals surface area contributed by atoms with Gasteiger partial charge in [-0.05, 0) is 65.7 Å². The van der Waals surface area contributed by atoms with E-state index in [-0.39, 0.29) is 19.2 Å². The number of carbonyl (C=O) groups is 1. The zero-order chi connectivity index (χ0) is 35.2. The number of thioether (sulfide) groups is 2. The fraction of sp³-hybridized carbons (Fsp3) is 0.244. The van der Waals surface area contributed by atoms with Gasteiger partial charge in [-0.2, -0.15) is 0 Å². The summed E-state index contributed by atoms with van der Waals surface area (Å²) in [5, 5.41) is 0. The molecule has 7 rings (SSSR count). The number of hydrogen-bond donors (Lipinski definition) is 0. The van der Waals surface area contributed by atoms with Crippen LogP contribution < -0.4 is 23.7 Å². The normalized spacial score (nSPS) is 18.0. The molecule has 2 heterocycles. The largest absolute Gasteiger partial charge is 0.493 e. The van der Waals surface area contributed by atoms with Crippen LogP contribution in [0.4, 0.5) is 0 Å². The van der Waals surface area contributed by atoms with E-state index in [0.717, 1.165) is 20.9 Å². The summed E-state index contributed by atoms with van der Waals surface area (Å²) >= 11 is 3.30. The van der Waals surface area contributed by atoms with E-state index < -0.39 is 22.2 Å². The highest BCUT2D eigenvalue weighted by atomic mass is 32.2. The molecule has 2 aliphatic heterocycles. The zero-order valence-corrected chi connectivity index (χ0v) is 30.1. The smallest absolute Gasteiger partial charge is 0.231 e. The van der Waals surface area contributed by atoms with E-state index in [1.165, 1.54) is 0 Å². The second-order valence-electron chi connectivity index (χ2n) is 12.0. The van der Waals surface area contributed by atoms with Gasteiger partial charge in [0.2, 0.25) is 12.5 Å². The standard InChI is InChI=1S/C41H38O8S2/c1-43-35-22-29(23-36(44-2)39(35)45-3)41(50-30-15-9-5-10-16-30,51-31-17-11-6-12-18-31)37-32(25-47-40(37)46-24-27-13-7-4-8-14-27)38(42)28-19-20-33-34(21-28)49-26-48-33/h4-23,32,37,40H,24-26H2,1-3H3. The third kappa shape index (κ3) is 7.27. The van der Waals surface area contributed by atoms with Crippen molar-refractivity contribution in [2.75, 3.05) is 34.7 Å². The predicted octanol–water partition coefficient (Wildman–Crippen LogP) is 8.87. The molecule has 2 aliphatic rings. The molecule has 5 aromatic rings. The fourth-order valence-corrected chi connectivity index (χ4v) is 9.85. The summed E-state index contributed by atoms with van der Waals surface area (Å²) in [6, 6.07) is 39.6. The minimum Gasteiger partial charge on any atom is -0.493 e. The van der Waals surface area contributed by atoms with Gasteiger partial charge in [0.05, 0.1) is 46.4 Å². The Morgan fingerprint density at radius 3 is 1.90 bits per heavy atom. The van der Waals surface area contributed by atoms with Crippen LogP contribution >= 0.6 is 23.5 Å². The first kappa shape index (κ1) is 34.8. The Hall–Kier alpha value is -4.61. The SMILES string of the molecule is COc1cc(C(Sc2ccccc2)(Sc2ccccc2)C2C(OCc3ccccc3)OCC2C(=O)c2ccc3c(c2)OCO3)cc(OC)c1OC. The number of Topliss-reactive ketones (excluding diaryl/α,β-unsaturated/α-hetero) is 1. The molecule has 0 aliphatic carbocycles. The van der Waals surface area contributed by atoms with Gasteiger partial charge >= 0.3 is 0 Å². The molecular formula is C41H38O8S2. The number of ether oxygens (including phenoxy) is 7. The Balaban J connectivity index is 1.45. The second kappa shape index (κ2) is 15.7. The summed E-state index contributed by atoms with van der Waals surface area (Å²) < 4.78 is 41.2. The summed E-state index contributed by atoms with van der Waals surface area (Å²) in [7, 11) is 4.80. The second-order valence-corrected chi connectivity index (χ2v) is 14.9. The molecule has 0 radical (unpaired) electrons. The summed E-state index contributed by atoms with van der Waals surface area (Å²) in [6.07, 6.45) is -0.778. The first-order valence-electron chi connectivity index (χ1n) is 16.5. The molecular weight excluding hydrogens is 685 g/mol. The number of benzene rings is 5. The Kier molecular flexibility index (Phi) is 10.7. The molecule has 1 fully saturated rings. The lowest BCUT2D eigenvalue weighted by Gasteiger charge is -2.42. The van der Waals surface area contributed by atoms with Crippen LogP contribution in [0.1, 0.15) is 21.5 Å². The van der Waals surface area contributed by atoms with Gasteiger partial charge in [0.15, 0.2) is 35.1 Å². The third-order valence-corrected chi connectivity index (χ3v) is 12.1. The summed E-state index contributed by atoms with van der Waals surface area (Å²) in [5.41, 5.74) is 2.34. The van der Waals surface area contributed by atoms with Crippen LogP contribution in [0.3, 0.4) is 0 Å². The van der Waals surface area contributed by atoms with Crippen molar-refractivity contribution in [1.82, 2.24) is 0 Å². The molecule has 262 valence electrons. The number of carbonyl (C=O) groups excluding carboxylic acids is 1. The third-order valence-electron chi connectivity index (χ3n) is 8.95. The lowest BCUT2D eigenvalue weighted by Crippen LogP contribution is -2.42. The van der Waals surface area contributed by atoms with Gasteiger partial charge in [0.25, 0.3) is 0 Å². The van der Waals surface area contributed by atoms with Crippen molar-refractivity contribution >= 4 is 29.3 Å². The molecule has 0 bridgehead atoms. The molecule has 0 saturated carbocycles. The van der Waals surface area contributed by atoms with Crippen molar-refractivity contribution in [3.05, 3.63) is 138 Å². The Labute approximate surface area is 306 Å². The number of fused-ring (bicyclic) bond motifs is 1. The van der Waals surface area contributed by atoms with Crippen LogP contribution in [0.5, 0.6) is 28.7 Å². The van der Waals surface area contributed by atoms with E-state index in [9.17, 15) is 4.79 Å². The Morgan fingerprint density at radius 1 is 0.725 bits per heavy atom. The number of ketones is 1. The molecule has 0 N–H and O–H groups in total. The highest BCUT2D eigenvalue weighted by molar-refractivity contribution is 8.17. The maximum atomic E-state index is 14.9. The first-order chi connectivity index (χ1) is 25.0. The lowest BCUT2D eigenvalue weighted by molar-refractivity contribution is -0.140. The first-order valence-corrected chi connectivity index (χ1v) is 18.2. The number of hydrogen-bond acceptors (Lipinski definition) is 10. The molecule has 0 amide bonds. The highest BCUT2D eigenvalue weighted by Crippen LogP contribution is 2.63. The zero-order valence-electron chi connectivity index (χ0n) is 28.5. The van der Waals surface area contributed by atoms with Gasteiger partial charge in [-0.3, -0.25) is 4.79 Å². The molecule has 1 saturated heterocycles. The molecule has 5 aromatic carbocycles. The molecule has 3 unspecified atom stereocenters. The van der Waals surface area contributed by atoms with Gasteiger partial charge in [-0.15, -0.1) is 23.5 Å². The maximum absolute atomic E-state index is 14.9. The summed E-state index contributed by atoms with van der Waals surface area (Å²) in [5.74, 6) is 1.37. The number of methoxy groups -OCH3 is 3. The van der Waals surface area contributed by atoms with E-state index in [4.69, 9.17) is 33.2 Å². The predicted molar refractivity (Wildman–Crippen MR) is 197 cm³/mol. The molecule has 8 nitrogen and oxygen atoms in total. The van der Waals surface area contributed by atoms with Crippen LogP contribution in [-0.2, 0) is 20.2 Å². The maximum Gasteiger partial charge on any atom is 0.231 e. The van der Waals surface area contributed by atoms with Crippen LogP contribution in [0.25, 0.3) is 0 Å². The topological polar surface area (TPSA) is 81.7 Å². The molecule has 51 heavy (non-hydrogen) atoms. The molecule has 3 atom stereocenters. The Morgan fingerprint density at radius 2 is 1.31 bits per heavy atom. The van der Waals surface area contributed by atoms with E-state index >= 15 is 0 Å². The quantitative estimate of drug-likeness (QED) is 0.0630. The van der Waals surface area contributed by atoms with E-state index in [0.29, 0.717) is 40.9 Å². The minimum absolute atomic E-state index is 0.0803. The number of rotatable bonds is 14. The van der Waals surface area contributed by atoms with Crippen molar-refractivity contribution in [2.45, 2.75) is 26.8 Å². The Bertz CT molecular complexity index is 1870. The van der Waals surface area contributed by atoms with Gasteiger partial charge in [-0.25, -0.2) is 0 Å². The summed E-state index contributed by atoms with van der Waals surface area (Å²) in [6.45, 7) is 0.557. The average molecular weight is 723 g/mol. The van der Waals surface area contributed by atoms with Crippen molar-refractivity contribution in [3.8, 4) is 28.7 Å². The summed E-state index contributed by atoms with van der Waals surface area (Å²) in [4.78, 5) is 16.9. The molecule has 0 spiro atoms. The van der Waals surface area contributed by atoms with Gasteiger partial charge in [0, 0.05) is 15.4 Å². The van der Waals surface area contributed by atoms with E-state index in [2.05, 4.69) is 24.3 Å². The van der Waals surface area contributed by atoms with Crippen LogP contribution in [0.15, 0.2) is 131 Å². The van der Waals surface area contributed by atoms with E-state index in [1.54, 1.807) is 63.1 Å². The fourth-order valence-electron chi connectivity index (χ4n) is 6.52. The van der Waals surface area contributed by atoms with Gasteiger partial charge in [-0.1, -0.05) is 66.7 Å². The van der Waals surface area contributed by atoms with Crippen LogP contribution in [-0.4, -0.2) is 46.8 Å². The molecule has 10 heteroatoms.